The Bertz CT molecular complexity index is 868. The van der Waals surface area contributed by atoms with Gasteiger partial charge < -0.3 is 9.47 Å². The lowest BCUT2D eigenvalue weighted by molar-refractivity contribution is 0.102. The molecule has 0 bridgehead atoms. The van der Waals surface area contributed by atoms with E-state index in [0.717, 1.165) is 0 Å². The molecule has 25 heavy (non-hydrogen) atoms. The van der Waals surface area contributed by atoms with E-state index in [1.165, 1.54) is 42.7 Å². The van der Waals surface area contributed by atoms with E-state index in [-0.39, 0.29) is 18.3 Å². The minimum absolute atomic E-state index is 0.174. The molecule has 0 saturated heterocycles. The first kappa shape index (κ1) is 16.8. The fourth-order valence-electron chi connectivity index (χ4n) is 2.04. The van der Waals surface area contributed by atoms with Crippen molar-refractivity contribution in [1.29, 1.82) is 0 Å². The number of rotatable bonds is 6. The number of aromatic nitrogens is 2. The van der Waals surface area contributed by atoms with Gasteiger partial charge in [0.25, 0.3) is 5.91 Å². The van der Waals surface area contributed by atoms with Crippen LogP contribution >= 0.6 is 11.3 Å². The quantitative estimate of drug-likeness (QED) is 0.729. The molecule has 0 fully saturated rings. The van der Waals surface area contributed by atoms with Gasteiger partial charge in [0.1, 0.15) is 23.9 Å². The van der Waals surface area contributed by atoms with Crippen LogP contribution in [0.4, 0.5) is 9.52 Å². The molecular weight excluding hydrogens is 345 g/mol. The third kappa shape index (κ3) is 4.30. The third-order valence-corrected chi connectivity index (χ3v) is 4.03. The van der Waals surface area contributed by atoms with Crippen LogP contribution in [0.3, 0.4) is 0 Å². The average molecular weight is 359 g/mol. The van der Waals surface area contributed by atoms with Gasteiger partial charge in [0, 0.05) is 0 Å². The first-order valence-electron chi connectivity index (χ1n) is 7.31. The van der Waals surface area contributed by atoms with Gasteiger partial charge in [-0.1, -0.05) is 23.5 Å². The number of para-hydroxylation sites is 1. The number of carbonyl (C=O) groups excluding carboxylic acids is 1. The summed E-state index contributed by atoms with van der Waals surface area (Å²) in [4.78, 5) is 12.3. The maximum absolute atomic E-state index is 12.8. The molecular formula is C17H14FN3O3S. The highest BCUT2D eigenvalue weighted by Gasteiger charge is 2.14. The number of amides is 1. The molecule has 0 atom stereocenters. The van der Waals surface area contributed by atoms with Crippen LogP contribution in [-0.4, -0.2) is 23.2 Å². The molecule has 8 heteroatoms. The molecule has 0 aliphatic carbocycles. The summed E-state index contributed by atoms with van der Waals surface area (Å²) in [5.41, 5.74) is 0.407. The number of anilines is 1. The van der Waals surface area contributed by atoms with E-state index in [9.17, 15) is 9.18 Å². The van der Waals surface area contributed by atoms with Crippen molar-refractivity contribution in [3.63, 3.8) is 0 Å². The molecule has 1 aromatic heterocycles. The zero-order chi connectivity index (χ0) is 17.6. The van der Waals surface area contributed by atoms with Gasteiger partial charge in [-0.2, -0.15) is 0 Å². The number of nitrogens with one attached hydrogen (secondary N) is 1. The number of benzene rings is 2. The maximum atomic E-state index is 12.8. The first-order valence-corrected chi connectivity index (χ1v) is 8.12. The van der Waals surface area contributed by atoms with Crippen molar-refractivity contribution in [3.05, 3.63) is 64.9 Å². The summed E-state index contributed by atoms with van der Waals surface area (Å²) >= 11 is 1.20. The Balaban J connectivity index is 1.61. The summed E-state index contributed by atoms with van der Waals surface area (Å²) in [5.74, 6) is 0.338. The Hall–Kier alpha value is -3.00. The van der Waals surface area contributed by atoms with Gasteiger partial charge in [-0.25, -0.2) is 4.39 Å². The minimum Gasteiger partial charge on any atom is -0.496 e. The summed E-state index contributed by atoms with van der Waals surface area (Å²) in [5, 5.41) is 11.5. The van der Waals surface area contributed by atoms with E-state index in [1.54, 1.807) is 24.3 Å². The number of hydrogen-bond donors (Lipinski definition) is 1. The van der Waals surface area contributed by atoms with Crippen molar-refractivity contribution in [1.82, 2.24) is 10.2 Å². The second-order valence-corrected chi connectivity index (χ2v) is 5.96. The Kier molecular flexibility index (Phi) is 5.20. The summed E-state index contributed by atoms with van der Waals surface area (Å²) in [6.07, 6.45) is 0. The van der Waals surface area contributed by atoms with Gasteiger partial charge in [-0.05, 0) is 36.4 Å². The predicted octanol–water partition coefficient (Wildman–Crippen LogP) is 3.52. The summed E-state index contributed by atoms with van der Waals surface area (Å²) in [7, 11) is 1.50. The molecule has 128 valence electrons. The molecule has 0 aliphatic heterocycles. The zero-order valence-electron chi connectivity index (χ0n) is 13.2. The highest BCUT2D eigenvalue weighted by molar-refractivity contribution is 7.15. The second-order valence-electron chi connectivity index (χ2n) is 4.90. The predicted molar refractivity (Wildman–Crippen MR) is 91.6 cm³/mol. The van der Waals surface area contributed by atoms with Crippen molar-refractivity contribution in [2.45, 2.75) is 6.61 Å². The molecule has 3 aromatic rings. The molecule has 1 amide bonds. The normalized spacial score (nSPS) is 10.3. The lowest BCUT2D eigenvalue weighted by atomic mass is 10.2. The van der Waals surface area contributed by atoms with Crippen LogP contribution in [0.2, 0.25) is 0 Å². The standard InChI is InChI=1S/C17H14FN3O3S/c1-23-14-5-3-2-4-13(14)16(22)19-17-21-20-15(25-17)10-24-12-8-6-11(18)7-9-12/h2-9H,10H2,1H3,(H,19,21,22). The van der Waals surface area contributed by atoms with E-state index in [2.05, 4.69) is 15.5 Å². The molecule has 0 unspecified atom stereocenters. The van der Waals surface area contributed by atoms with Crippen molar-refractivity contribution >= 4 is 22.4 Å². The third-order valence-electron chi connectivity index (χ3n) is 3.21. The monoisotopic (exact) mass is 359 g/mol. The van der Waals surface area contributed by atoms with Gasteiger partial charge in [-0.3, -0.25) is 10.1 Å². The summed E-state index contributed by atoms with van der Waals surface area (Å²) in [6.45, 7) is 0.174. The molecule has 2 aromatic carbocycles. The van der Waals surface area contributed by atoms with Crippen LogP contribution in [0.25, 0.3) is 0 Å². The van der Waals surface area contributed by atoms with Crippen molar-refractivity contribution < 1.29 is 18.7 Å². The number of methoxy groups -OCH3 is 1. The van der Waals surface area contributed by atoms with Gasteiger partial charge in [0.15, 0.2) is 5.01 Å². The van der Waals surface area contributed by atoms with E-state index >= 15 is 0 Å². The fourth-order valence-corrected chi connectivity index (χ4v) is 2.68. The minimum atomic E-state index is -0.334. The SMILES string of the molecule is COc1ccccc1C(=O)Nc1nnc(COc2ccc(F)cc2)s1. The number of halogens is 1. The molecule has 0 radical (unpaired) electrons. The lowest BCUT2D eigenvalue weighted by Crippen LogP contribution is -2.12. The van der Waals surface area contributed by atoms with Crippen molar-refractivity contribution in [3.8, 4) is 11.5 Å². The number of ether oxygens (including phenoxy) is 2. The van der Waals surface area contributed by atoms with Crippen LogP contribution in [0, 0.1) is 5.82 Å². The Morgan fingerprint density at radius 1 is 1.16 bits per heavy atom. The number of hydrogen-bond acceptors (Lipinski definition) is 6. The maximum Gasteiger partial charge on any atom is 0.261 e. The molecule has 1 N–H and O–H groups in total. The van der Waals surface area contributed by atoms with Crippen LogP contribution in [0.5, 0.6) is 11.5 Å². The van der Waals surface area contributed by atoms with Gasteiger partial charge in [0.2, 0.25) is 5.13 Å². The number of nitrogens with zero attached hydrogens (tertiary/aromatic N) is 2. The largest absolute Gasteiger partial charge is 0.496 e. The zero-order valence-corrected chi connectivity index (χ0v) is 14.0. The molecule has 6 nitrogen and oxygen atoms in total. The molecule has 0 saturated carbocycles. The van der Waals surface area contributed by atoms with E-state index in [0.29, 0.717) is 27.2 Å². The fraction of sp³-hybridized carbons (Fsp3) is 0.118. The van der Waals surface area contributed by atoms with E-state index in [4.69, 9.17) is 9.47 Å². The Morgan fingerprint density at radius 3 is 2.68 bits per heavy atom. The summed E-state index contributed by atoms with van der Waals surface area (Å²) in [6, 6.07) is 12.6. The van der Waals surface area contributed by atoms with Crippen molar-refractivity contribution in [2.24, 2.45) is 0 Å². The van der Waals surface area contributed by atoms with Gasteiger partial charge in [-0.15, -0.1) is 10.2 Å². The van der Waals surface area contributed by atoms with E-state index < -0.39 is 0 Å². The highest BCUT2D eigenvalue weighted by atomic mass is 32.1. The number of carbonyl (C=O) groups is 1. The van der Waals surface area contributed by atoms with E-state index in [1.807, 2.05) is 0 Å². The average Bonchev–Trinajstić information content (AvgIpc) is 3.08. The lowest BCUT2D eigenvalue weighted by Gasteiger charge is -2.06. The van der Waals surface area contributed by atoms with Crippen molar-refractivity contribution in [2.75, 3.05) is 12.4 Å². The molecule has 3 rings (SSSR count). The van der Waals surface area contributed by atoms with Gasteiger partial charge >= 0.3 is 0 Å². The summed E-state index contributed by atoms with van der Waals surface area (Å²) < 4.78 is 23.5. The van der Waals surface area contributed by atoms with Crippen LogP contribution < -0.4 is 14.8 Å². The van der Waals surface area contributed by atoms with Crippen LogP contribution in [-0.2, 0) is 6.61 Å². The molecule has 0 aliphatic rings. The Morgan fingerprint density at radius 2 is 1.92 bits per heavy atom. The smallest absolute Gasteiger partial charge is 0.261 e. The van der Waals surface area contributed by atoms with Gasteiger partial charge in [0.05, 0.1) is 12.7 Å². The van der Waals surface area contributed by atoms with Crippen LogP contribution in [0.1, 0.15) is 15.4 Å². The molecule has 0 spiro atoms. The van der Waals surface area contributed by atoms with Crippen LogP contribution in [0.15, 0.2) is 48.5 Å². The second kappa shape index (κ2) is 7.71. The first-order chi connectivity index (χ1) is 12.2. The topological polar surface area (TPSA) is 73.3 Å². The Labute approximate surface area is 147 Å². The molecule has 1 heterocycles. The highest BCUT2D eigenvalue weighted by Crippen LogP contribution is 2.22.